The van der Waals surface area contributed by atoms with Crippen molar-refractivity contribution in [2.45, 2.75) is 20.4 Å². The van der Waals surface area contributed by atoms with Crippen molar-refractivity contribution in [3.8, 4) is 0 Å². The van der Waals surface area contributed by atoms with Gasteiger partial charge in [0, 0.05) is 23.6 Å². The van der Waals surface area contributed by atoms with E-state index in [0.717, 1.165) is 22.6 Å². The second-order valence-corrected chi connectivity index (χ2v) is 4.78. The van der Waals surface area contributed by atoms with Gasteiger partial charge in [-0.05, 0) is 37.6 Å². The van der Waals surface area contributed by atoms with Crippen LogP contribution < -0.4 is 4.90 Å². The summed E-state index contributed by atoms with van der Waals surface area (Å²) in [6.07, 6.45) is 0. The highest BCUT2D eigenvalue weighted by Crippen LogP contribution is 2.18. The van der Waals surface area contributed by atoms with Gasteiger partial charge in [0.2, 0.25) is 0 Å². The summed E-state index contributed by atoms with van der Waals surface area (Å²) in [6.45, 7) is 4.40. The lowest BCUT2D eigenvalue weighted by Crippen LogP contribution is -2.29. The zero-order valence-electron chi connectivity index (χ0n) is 11.7. The fourth-order valence-electron chi connectivity index (χ4n) is 2.13. The number of nitrogens with zero attached hydrogens (tertiary/aromatic N) is 2. The number of carboxylic acids is 1. The molecule has 0 unspecified atom stereocenters. The Morgan fingerprint density at radius 1 is 1.15 bits per heavy atom. The normalized spacial score (nSPS) is 10.3. The van der Waals surface area contributed by atoms with Gasteiger partial charge < -0.3 is 10.0 Å². The van der Waals surface area contributed by atoms with Crippen LogP contribution in [0.1, 0.15) is 17.0 Å². The second-order valence-electron chi connectivity index (χ2n) is 4.78. The summed E-state index contributed by atoms with van der Waals surface area (Å²) in [4.78, 5) is 17.3. The van der Waals surface area contributed by atoms with E-state index < -0.39 is 5.97 Å². The highest BCUT2D eigenvalue weighted by Gasteiger charge is 2.12. The molecule has 4 nitrogen and oxygen atoms in total. The van der Waals surface area contributed by atoms with Crippen LogP contribution in [0.4, 0.5) is 5.69 Å². The molecule has 0 saturated carbocycles. The Kier molecular flexibility index (Phi) is 4.35. The van der Waals surface area contributed by atoms with Gasteiger partial charge in [-0.25, -0.2) is 0 Å². The van der Waals surface area contributed by atoms with Gasteiger partial charge in [-0.1, -0.05) is 24.3 Å². The topological polar surface area (TPSA) is 53.4 Å². The van der Waals surface area contributed by atoms with Crippen LogP contribution >= 0.6 is 0 Å². The first-order valence-corrected chi connectivity index (χ1v) is 6.51. The molecule has 20 heavy (non-hydrogen) atoms. The Balaban J connectivity index is 2.26. The van der Waals surface area contributed by atoms with Gasteiger partial charge in [0.1, 0.15) is 6.54 Å². The lowest BCUT2D eigenvalue weighted by molar-refractivity contribution is -0.135. The molecule has 0 saturated heterocycles. The van der Waals surface area contributed by atoms with Gasteiger partial charge in [-0.3, -0.25) is 9.78 Å². The molecule has 104 valence electrons. The largest absolute Gasteiger partial charge is 0.480 e. The predicted octanol–water partition coefficient (Wildman–Crippen LogP) is 2.79. The van der Waals surface area contributed by atoms with Crippen molar-refractivity contribution in [3.05, 3.63) is 59.4 Å². The van der Waals surface area contributed by atoms with Crippen molar-refractivity contribution in [3.63, 3.8) is 0 Å². The molecule has 0 aliphatic rings. The van der Waals surface area contributed by atoms with Crippen LogP contribution in [0.15, 0.2) is 42.5 Å². The van der Waals surface area contributed by atoms with E-state index in [2.05, 4.69) is 4.98 Å². The number of hydrogen-bond donors (Lipinski definition) is 1. The number of benzene rings is 1. The third-order valence-corrected chi connectivity index (χ3v) is 3.14. The average molecular weight is 270 g/mol. The second kappa shape index (κ2) is 6.19. The molecule has 1 aromatic carbocycles. The Hall–Kier alpha value is -2.36. The lowest BCUT2D eigenvalue weighted by atomic mass is 10.1. The van der Waals surface area contributed by atoms with Crippen LogP contribution in [0.25, 0.3) is 0 Å². The summed E-state index contributed by atoms with van der Waals surface area (Å²) in [7, 11) is 0. The van der Waals surface area contributed by atoms with E-state index in [-0.39, 0.29) is 6.54 Å². The van der Waals surface area contributed by atoms with E-state index in [4.69, 9.17) is 5.11 Å². The number of aliphatic carboxylic acids is 1. The van der Waals surface area contributed by atoms with Gasteiger partial charge in [0.15, 0.2) is 0 Å². The fraction of sp³-hybridized carbons (Fsp3) is 0.250. The number of hydrogen-bond acceptors (Lipinski definition) is 3. The third-order valence-electron chi connectivity index (χ3n) is 3.14. The molecule has 0 aliphatic heterocycles. The summed E-state index contributed by atoms with van der Waals surface area (Å²) in [5.74, 6) is -0.841. The maximum Gasteiger partial charge on any atom is 0.323 e. The quantitative estimate of drug-likeness (QED) is 0.907. The first-order chi connectivity index (χ1) is 9.56. The molecule has 0 bridgehead atoms. The molecular weight excluding hydrogens is 252 g/mol. The minimum absolute atomic E-state index is 0.0304. The molecule has 0 spiro atoms. The van der Waals surface area contributed by atoms with Crippen LogP contribution in [0.2, 0.25) is 0 Å². The maximum absolute atomic E-state index is 11.1. The monoisotopic (exact) mass is 270 g/mol. The molecule has 2 aromatic rings. The van der Waals surface area contributed by atoms with E-state index >= 15 is 0 Å². The van der Waals surface area contributed by atoms with Crippen LogP contribution in [0.5, 0.6) is 0 Å². The number of pyridine rings is 1. The highest BCUT2D eigenvalue weighted by molar-refractivity contribution is 5.73. The van der Waals surface area contributed by atoms with Gasteiger partial charge in [0.05, 0.1) is 0 Å². The number of carbonyl (C=O) groups is 1. The van der Waals surface area contributed by atoms with Crippen LogP contribution in [-0.2, 0) is 11.3 Å². The zero-order chi connectivity index (χ0) is 14.5. The molecule has 2 rings (SSSR count). The SMILES string of the molecule is Cc1ccc(CN(CC(=O)O)c2ccccc2)c(C)n1. The Bertz CT molecular complexity index is 597. The van der Waals surface area contributed by atoms with E-state index in [0.29, 0.717) is 6.54 Å². The smallest absolute Gasteiger partial charge is 0.323 e. The van der Waals surface area contributed by atoms with Crippen molar-refractivity contribution in [2.75, 3.05) is 11.4 Å². The van der Waals surface area contributed by atoms with Gasteiger partial charge >= 0.3 is 5.97 Å². The average Bonchev–Trinajstić information content (AvgIpc) is 2.41. The van der Waals surface area contributed by atoms with E-state index in [1.807, 2.05) is 61.2 Å². The Morgan fingerprint density at radius 3 is 2.45 bits per heavy atom. The van der Waals surface area contributed by atoms with Gasteiger partial charge in [-0.2, -0.15) is 0 Å². The summed E-state index contributed by atoms with van der Waals surface area (Å²) in [6, 6.07) is 13.5. The number of rotatable bonds is 5. The molecule has 0 atom stereocenters. The van der Waals surface area contributed by atoms with Crippen LogP contribution in [-0.4, -0.2) is 22.6 Å². The molecular formula is C16H18N2O2. The maximum atomic E-state index is 11.1. The number of anilines is 1. The molecule has 1 N–H and O–H groups in total. The number of para-hydroxylation sites is 1. The Morgan fingerprint density at radius 2 is 1.85 bits per heavy atom. The molecule has 1 aromatic heterocycles. The van der Waals surface area contributed by atoms with E-state index in [9.17, 15) is 4.79 Å². The standard InChI is InChI=1S/C16H18N2O2/c1-12-8-9-14(13(2)17-12)10-18(11-16(19)20)15-6-4-3-5-7-15/h3-9H,10-11H2,1-2H3,(H,19,20). The zero-order valence-corrected chi connectivity index (χ0v) is 11.7. The summed E-state index contributed by atoms with van der Waals surface area (Å²) in [5, 5.41) is 9.08. The van der Waals surface area contributed by atoms with Crippen molar-refractivity contribution < 1.29 is 9.90 Å². The minimum atomic E-state index is -0.841. The molecule has 0 aliphatic carbocycles. The van der Waals surface area contributed by atoms with E-state index in [1.165, 1.54) is 0 Å². The Labute approximate surface area is 118 Å². The van der Waals surface area contributed by atoms with Crippen molar-refractivity contribution in [1.29, 1.82) is 0 Å². The predicted molar refractivity (Wildman–Crippen MR) is 78.8 cm³/mol. The van der Waals surface area contributed by atoms with Crippen molar-refractivity contribution >= 4 is 11.7 Å². The van der Waals surface area contributed by atoms with Crippen molar-refractivity contribution in [2.24, 2.45) is 0 Å². The molecule has 0 amide bonds. The molecule has 0 radical (unpaired) electrons. The summed E-state index contributed by atoms with van der Waals surface area (Å²) < 4.78 is 0. The van der Waals surface area contributed by atoms with Crippen molar-refractivity contribution in [1.82, 2.24) is 4.98 Å². The third kappa shape index (κ3) is 3.57. The van der Waals surface area contributed by atoms with Gasteiger partial charge in [-0.15, -0.1) is 0 Å². The number of carboxylic acid groups (broad SMARTS) is 1. The molecule has 4 heteroatoms. The first kappa shape index (κ1) is 14.1. The lowest BCUT2D eigenvalue weighted by Gasteiger charge is -2.23. The van der Waals surface area contributed by atoms with Gasteiger partial charge in [0.25, 0.3) is 0 Å². The number of aromatic nitrogens is 1. The van der Waals surface area contributed by atoms with Crippen LogP contribution in [0, 0.1) is 13.8 Å². The van der Waals surface area contributed by atoms with E-state index in [1.54, 1.807) is 0 Å². The first-order valence-electron chi connectivity index (χ1n) is 6.51. The minimum Gasteiger partial charge on any atom is -0.480 e. The summed E-state index contributed by atoms with van der Waals surface area (Å²) in [5.41, 5.74) is 3.85. The summed E-state index contributed by atoms with van der Waals surface area (Å²) >= 11 is 0. The number of aryl methyl sites for hydroxylation is 2. The highest BCUT2D eigenvalue weighted by atomic mass is 16.4. The molecule has 0 fully saturated rings. The molecule has 1 heterocycles. The fourth-order valence-corrected chi connectivity index (χ4v) is 2.13. The van der Waals surface area contributed by atoms with Crippen LogP contribution in [0.3, 0.4) is 0 Å².